The molecule has 444 valence electrons. The molecule has 2 aliphatic heterocycles. The Hall–Kier alpha value is -7.26. The summed E-state index contributed by atoms with van der Waals surface area (Å²) in [6, 6.07) is 28.9. The number of nitrogens with zero attached hydrogens (tertiary/aromatic N) is 2. The number of aliphatic hydroxyl groups excluding tert-OH is 1. The number of ether oxygens (including phenoxy) is 6. The van der Waals surface area contributed by atoms with Crippen molar-refractivity contribution >= 4 is 47.2 Å². The van der Waals surface area contributed by atoms with E-state index >= 15 is 0 Å². The summed E-state index contributed by atoms with van der Waals surface area (Å²) >= 11 is 0. The predicted molar refractivity (Wildman–Crippen MR) is 307 cm³/mol. The molecule has 4 fully saturated rings. The fourth-order valence-corrected chi connectivity index (χ4v) is 11.2. The number of aliphatic hydroxyl groups is 1. The largest absolute Gasteiger partial charge is 0.508 e. The van der Waals surface area contributed by atoms with E-state index in [1.807, 2.05) is 66.7 Å². The van der Waals surface area contributed by atoms with Crippen LogP contribution >= 0.6 is 0 Å². The van der Waals surface area contributed by atoms with Gasteiger partial charge in [0.15, 0.2) is 0 Å². The molecule has 6 atom stereocenters. The molecule has 0 unspecified atom stereocenters. The van der Waals surface area contributed by atoms with E-state index < -0.39 is 48.2 Å². The second-order valence-electron chi connectivity index (χ2n) is 21.3. The van der Waals surface area contributed by atoms with Gasteiger partial charge < -0.3 is 69.7 Å². The summed E-state index contributed by atoms with van der Waals surface area (Å²) in [6.07, 6.45) is 10.4. The van der Waals surface area contributed by atoms with E-state index in [2.05, 4.69) is 21.3 Å². The number of anilines is 2. The third kappa shape index (κ3) is 19.2. The van der Waals surface area contributed by atoms with Crippen molar-refractivity contribution < 1.29 is 67.4 Å². The van der Waals surface area contributed by atoms with Crippen LogP contribution in [-0.2, 0) is 56.1 Å². The first-order chi connectivity index (χ1) is 39.9. The standard InChI is InChI=1S/C38H47N3O7.C24H35N3O7/c1-45-37(43)34-24-33(47-22-12-21-46-26-28-13-5-2-6-14-28)25-41(34)36(42)35(30-17-9-4-10-18-30)40-38(44)39-31-19-11-20-32(23-31)48-27-29-15-7-3-8-16-29;1-33-23(31)20-14-19(34-12-6-11-28)15-27(20)22(30)21(16-7-3-2-4-8-16)26-24(32)25-17-9-5-10-18(29)13-17/h2-3,5-8,11,13-16,19-20,23,30,33-35H,4,9-10,12,17-18,21-22,24-27H2,1H3,(H2,39,40,44);5,9-10,13,16,19-21,28-29H,2-4,6-8,11-12,14-15H2,1H3,(H2,25,26,32)/t33-,34+,35+;19-,20+,21+/m11/s1. The molecule has 4 aromatic rings. The first kappa shape index (κ1) is 62.3. The number of esters is 2. The number of methoxy groups -OCH3 is 2. The number of hydrogen-bond acceptors (Lipinski definition) is 14. The van der Waals surface area contributed by atoms with Crippen LogP contribution in [-0.4, -0.2) is 146 Å². The molecule has 20 heteroatoms. The molecule has 0 aromatic heterocycles. The summed E-state index contributed by atoms with van der Waals surface area (Å²) in [5, 5.41) is 30.0. The smallest absolute Gasteiger partial charge is 0.328 e. The molecule has 4 aromatic carbocycles. The van der Waals surface area contributed by atoms with Crippen LogP contribution in [0.4, 0.5) is 21.0 Å². The van der Waals surface area contributed by atoms with Gasteiger partial charge in [0.25, 0.3) is 0 Å². The minimum Gasteiger partial charge on any atom is -0.508 e. The van der Waals surface area contributed by atoms with Gasteiger partial charge in [-0.3, -0.25) is 9.59 Å². The summed E-state index contributed by atoms with van der Waals surface area (Å²) in [7, 11) is 2.61. The van der Waals surface area contributed by atoms with Gasteiger partial charge in [0.2, 0.25) is 11.8 Å². The Bertz CT molecular complexity index is 2640. The first-order valence-electron chi connectivity index (χ1n) is 28.9. The fourth-order valence-electron chi connectivity index (χ4n) is 11.2. The van der Waals surface area contributed by atoms with Crippen molar-refractivity contribution in [1.29, 1.82) is 0 Å². The minimum absolute atomic E-state index is 0.00221. The monoisotopic (exact) mass is 1130 g/mol. The van der Waals surface area contributed by atoms with Crippen molar-refractivity contribution in [3.8, 4) is 11.5 Å². The van der Waals surface area contributed by atoms with E-state index in [1.165, 1.54) is 31.3 Å². The molecule has 82 heavy (non-hydrogen) atoms. The van der Waals surface area contributed by atoms with Gasteiger partial charge in [0.1, 0.15) is 42.3 Å². The second kappa shape index (κ2) is 33.0. The molecule has 20 nitrogen and oxygen atoms in total. The molecule has 0 bridgehead atoms. The average molecular weight is 1140 g/mol. The summed E-state index contributed by atoms with van der Waals surface area (Å²) < 4.78 is 33.6. The fraction of sp³-hybridized carbons (Fsp3) is 0.516. The molecule has 2 aliphatic carbocycles. The maximum absolute atomic E-state index is 14.2. The number of hydrogen-bond donors (Lipinski definition) is 6. The first-order valence-corrected chi connectivity index (χ1v) is 28.9. The molecule has 4 aliphatic rings. The van der Waals surface area contributed by atoms with Crippen LogP contribution in [0.25, 0.3) is 0 Å². The molecule has 2 saturated carbocycles. The van der Waals surface area contributed by atoms with Crippen molar-refractivity contribution in [1.82, 2.24) is 20.4 Å². The molecule has 0 radical (unpaired) electrons. The highest BCUT2D eigenvalue weighted by Gasteiger charge is 2.46. The summed E-state index contributed by atoms with van der Waals surface area (Å²) in [4.78, 5) is 82.4. The van der Waals surface area contributed by atoms with Gasteiger partial charge in [-0.05, 0) is 85.8 Å². The third-order valence-electron chi connectivity index (χ3n) is 15.4. The van der Waals surface area contributed by atoms with Gasteiger partial charge in [0, 0.05) is 75.9 Å². The number of phenols is 1. The molecule has 0 spiro atoms. The lowest BCUT2D eigenvalue weighted by atomic mass is 9.83. The summed E-state index contributed by atoms with van der Waals surface area (Å²) in [5.41, 5.74) is 3.09. The Labute approximate surface area is 480 Å². The summed E-state index contributed by atoms with van der Waals surface area (Å²) in [6.45, 7) is 2.70. The van der Waals surface area contributed by atoms with E-state index in [9.17, 15) is 33.9 Å². The molecule has 8 rings (SSSR count). The van der Waals surface area contributed by atoms with Crippen molar-refractivity contribution in [2.75, 3.05) is 64.4 Å². The number of nitrogens with one attached hydrogen (secondary N) is 4. The van der Waals surface area contributed by atoms with Gasteiger partial charge in [0.05, 0.1) is 33.0 Å². The second-order valence-corrected chi connectivity index (χ2v) is 21.3. The Morgan fingerprint density at radius 1 is 0.561 bits per heavy atom. The summed E-state index contributed by atoms with van der Waals surface area (Å²) in [5.74, 6) is -1.09. The third-order valence-corrected chi connectivity index (χ3v) is 15.4. The number of benzene rings is 4. The van der Waals surface area contributed by atoms with Crippen LogP contribution in [0.15, 0.2) is 109 Å². The van der Waals surface area contributed by atoms with E-state index in [-0.39, 0.29) is 61.3 Å². The Morgan fingerprint density at radius 2 is 1.04 bits per heavy atom. The van der Waals surface area contributed by atoms with Gasteiger partial charge in [-0.25, -0.2) is 19.2 Å². The average Bonchev–Trinajstić information content (AvgIpc) is 4.35. The van der Waals surface area contributed by atoms with Crippen LogP contribution in [0.1, 0.15) is 101 Å². The molecular weight excluding hydrogens is 1050 g/mol. The van der Waals surface area contributed by atoms with Crippen molar-refractivity contribution in [3.05, 3.63) is 120 Å². The molecule has 2 saturated heterocycles. The number of carbonyl (C=O) groups excluding carboxylic acids is 6. The molecule has 6 amide bonds. The van der Waals surface area contributed by atoms with E-state index in [4.69, 9.17) is 33.5 Å². The SMILES string of the molecule is COC(=O)[C@@H]1C[C@@H](OCCCO)CN1C(=O)[C@@H](NC(=O)Nc1cccc(O)c1)C1CCCCC1.COC(=O)[C@@H]1C[C@@H](OCCCOCc2ccccc2)CN1C(=O)[C@@H](NC(=O)Nc1cccc(OCc2ccccc2)c1)C1CCCCC1. The zero-order valence-electron chi connectivity index (χ0n) is 47.3. The highest BCUT2D eigenvalue weighted by atomic mass is 16.5. The number of amides is 6. The van der Waals surface area contributed by atoms with Crippen molar-refractivity contribution in [2.45, 2.75) is 139 Å². The topological polar surface area (TPSA) is 253 Å². The van der Waals surface area contributed by atoms with Gasteiger partial charge >= 0.3 is 24.0 Å². The zero-order chi connectivity index (χ0) is 58.1. The molecule has 6 N–H and O–H groups in total. The Kier molecular flexibility index (Phi) is 25.1. The number of rotatable bonds is 24. The number of phenolic OH excluding ortho intramolecular Hbond substituents is 1. The lowest BCUT2D eigenvalue weighted by Gasteiger charge is -2.34. The van der Waals surface area contributed by atoms with Crippen LogP contribution in [0.2, 0.25) is 0 Å². The highest BCUT2D eigenvalue weighted by Crippen LogP contribution is 2.33. The Balaban J connectivity index is 0.000000251. The minimum atomic E-state index is -0.805. The maximum atomic E-state index is 14.2. The number of aromatic hydroxyl groups is 1. The van der Waals surface area contributed by atoms with Crippen LogP contribution in [0.5, 0.6) is 11.5 Å². The van der Waals surface area contributed by atoms with Gasteiger partial charge in [-0.15, -0.1) is 0 Å². The highest BCUT2D eigenvalue weighted by molar-refractivity contribution is 5.96. The van der Waals surface area contributed by atoms with Gasteiger partial charge in [-0.2, -0.15) is 0 Å². The molecular formula is C62H82N6O14. The normalized spacial score (nSPS) is 19.8. The van der Waals surface area contributed by atoms with Gasteiger partial charge in [-0.1, -0.05) is 111 Å². The van der Waals surface area contributed by atoms with E-state index in [0.29, 0.717) is 75.8 Å². The lowest BCUT2D eigenvalue weighted by Crippen LogP contribution is -2.56. The van der Waals surface area contributed by atoms with Crippen molar-refractivity contribution in [2.24, 2.45) is 11.8 Å². The number of likely N-dealkylation sites (tertiary alicyclic amines) is 2. The van der Waals surface area contributed by atoms with Crippen LogP contribution < -0.4 is 26.0 Å². The van der Waals surface area contributed by atoms with Crippen LogP contribution in [0.3, 0.4) is 0 Å². The lowest BCUT2D eigenvalue weighted by molar-refractivity contribution is -0.152. The number of urea groups is 2. The zero-order valence-corrected chi connectivity index (χ0v) is 47.3. The predicted octanol–water partition coefficient (Wildman–Crippen LogP) is 8.11. The Morgan fingerprint density at radius 3 is 1.52 bits per heavy atom. The van der Waals surface area contributed by atoms with E-state index in [0.717, 1.165) is 75.3 Å². The number of carbonyl (C=O) groups is 6. The molecule has 2 heterocycles. The quantitative estimate of drug-likeness (QED) is 0.0287. The van der Waals surface area contributed by atoms with E-state index in [1.54, 1.807) is 35.2 Å². The van der Waals surface area contributed by atoms with Crippen LogP contribution in [0, 0.1) is 11.8 Å². The van der Waals surface area contributed by atoms with Crippen molar-refractivity contribution in [3.63, 3.8) is 0 Å². The maximum Gasteiger partial charge on any atom is 0.328 e.